The molecule has 0 N–H and O–H groups in total. The van der Waals surface area contributed by atoms with Gasteiger partial charge in [0.2, 0.25) is 0 Å². The van der Waals surface area contributed by atoms with Gasteiger partial charge in [-0.05, 0) is 63.5 Å². The van der Waals surface area contributed by atoms with E-state index in [4.69, 9.17) is 4.74 Å². The molecule has 124 valence electrons. The van der Waals surface area contributed by atoms with E-state index in [1.54, 1.807) is 18.2 Å². The summed E-state index contributed by atoms with van der Waals surface area (Å²) in [4.78, 5) is 0. The number of allylic oxidation sites excluding steroid dienone is 2. The van der Waals surface area contributed by atoms with Crippen molar-refractivity contribution in [3.63, 3.8) is 0 Å². The average molecular weight is 322 g/mol. The van der Waals surface area contributed by atoms with Gasteiger partial charge in [-0.15, -0.1) is 0 Å². The minimum atomic E-state index is -4.36. The Morgan fingerprint density at radius 1 is 0.957 bits per heavy atom. The lowest BCUT2D eigenvalue weighted by molar-refractivity contribution is -0.207. The molecule has 0 aromatic heterocycles. The van der Waals surface area contributed by atoms with E-state index in [0.717, 1.165) is 22.3 Å². The number of rotatable bonds is 0. The van der Waals surface area contributed by atoms with Crippen LogP contribution in [-0.4, -0.2) is 12.3 Å². The fourth-order valence-electron chi connectivity index (χ4n) is 3.54. The second kappa shape index (κ2) is 4.89. The van der Waals surface area contributed by atoms with Crippen molar-refractivity contribution in [2.75, 3.05) is 0 Å². The molecule has 0 saturated carbocycles. The number of hydrogen-bond acceptors (Lipinski definition) is 1. The quantitative estimate of drug-likeness (QED) is 0.621. The number of benzene rings is 1. The van der Waals surface area contributed by atoms with E-state index >= 15 is 0 Å². The van der Waals surface area contributed by atoms with Crippen LogP contribution in [0.2, 0.25) is 0 Å². The third-order valence-corrected chi connectivity index (χ3v) is 5.49. The first-order chi connectivity index (χ1) is 10.6. The number of ether oxygens (including phenoxy) is 1. The maximum absolute atomic E-state index is 14.1. The summed E-state index contributed by atoms with van der Waals surface area (Å²) in [5.41, 5.74) is 1.94. The normalized spacial score (nSPS) is 29.9. The Balaban J connectivity index is 2.29. The van der Waals surface area contributed by atoms with Crippen LogP contribution in [0.4, 0.5) is 13.2 Å². The van der Waals surface area contributed by atoms with Gasteiger partial charge in [-0.1, -0.05) is 17.7 Å². The monoisotopic (exact) mass is 322 g/mol. The largest absolute Gasteiger partial charge is 0.485 e. The minimum Gasteiger partial charge on any atom is -0.485 e. The number of fused-ring (bicyclic) bond motifs is 2. The van der Waals surface area contributed by atoms with E-state index < -0.39 is 23.6 Å². The van der Waals surface area contributed by atoms with Crippen LogP contribution in [0.3, 0.4) is 0 Å². The van der Waals surface area contributed by atoms with Crippen molar-refractivity contribution in [2.45, 2.75) is 52.3 Å². The maximum Gasteiger partial charge on any atom is 0.399 e. The zero-order valence-corrected chi connectivity index (χ0v) is 14.0. The molecule has 2 aliphatic rings. The van der Waals surface area contributed by atoms with Crippen molar-refractivity contribution in [1.82, 2.24) is 0 Å². The Labute approximate surface area is 134 Å². The Morgan fingerprint density at radius 3 is 2.13 bits per heavy atom. The fraction of sp³-hybridized carbons (Fsp3) is 0.474. The molecule has 0 bridgehead atoms. The van der Waals surface area contributed by atoms with Gasteiger partial charge in [0.1, 0.15) is 17.3 Å². The van der Waals surface area contributed by atoms with Gasteiger partial charge >= 0.3 is 6.18 Å². The summed E-state index contributed by atoms with van der Waals surface area (Å²) in [6.07, 6.45) is -1.39. The first-order valence-corrected chi connectivity index (χ1v) is 7.78. The van der Waals surface area contributed by atoms with E-state index in [9.17, 15) is 13.2 Å². The van der Waals surface area contributed by atoms with Crippen molar-refractivity contribution in [2.24, 2.45) is 5.92 Å². The van der Waals surface area contributed by atoms with Crippen LogP contribution < -0.4 is 4.74 Å². The van der Waals surface area contributed by atoms with Crippen LogP contribution in [0.15, 0.2) is 35.4 Å². The molecule has 3 unspecified atom stereocenters. The Hall–Kier alpha value is -1.71. The summed E-state index contributed by atoms with van der Waals surface area (Å²) < 4.78 is 48.3. The number of alkyl halides is 3. The molecule has 0 amide bonds. The van der Waals surface area contributed by atoms with Crippen molar-refractivity contribution < 1.29 is 17.9 Å². The molecular formula is C19H21F3O. The predicted molar refractivity (Wildman–Crippen MR) is 84.7 cm³/mol. The van der Waals surface area contributed by atoms with E-state index in [-0.39, 0.29) is 5.56 Å². The van der Waals surface area contributed by atoms with E-state index in [2.05, 4.69) is 0 Å². The van der Waals surface area contributed by atoms with Gasteiger partial charge in [-0.2, -0.15) is 13.2 Å². The molecule has 3 rings (SSSR count). The molecule has 1 aromatic carbocycles. The summed E-state index contributed by atoms with van der Waals surface area (Å²) in [6, 6.07) is 3.38. The van der Waals surface area contributed by atoms with Gasteiger partial charge in [-0.3, -0.25) is 0 Å². The summed E-state index contributed by atoms with van der Waals surface area (Å²) in [7, 11) is 0. The molecule has 4 heteroatoms. The highest BCUT2D eigenvalue weighted by molar-refractivity contribution is 5.52. The molecule has 3 atom stereocenters. The Kier molecular flexibility index (Phi) is 3.44. The highest BCUT2D eigenvalue weighted by atomic mass is 19.4. The first kappa shape index (κ1) is 16.2. The summed E-state index contributed by atoms with van der Waals surface area (Å²) >= 11 is 0. The predicted octanol–water partition coefficient (Wildman–Crippen LogP) is 5.41. The van der Waals surface area contributed by atoms with Crippen LogP contribution in [0.1, 0.15) is 37.5 Å². The lowest BCUT2D eigenvalue weighted by Crippen LogP contribution is -2.54. The van der Waals surface area contributed by atoms with E-state index in [1.165, 1.54) is 6.92 Å². The highest BCUT2D eigenvalue weighted by Crippen LogP contribution is 2.56. The van der Waals surface area contributed by atoms with Crippen LogP contribution in [-0.2, 0) is 5.41 Å². The summed E-state index contributed by atoms with van der Waals surface area (Å²) in [5.74, 6) is -0.396. The number of halogens is 3. The molecule has 1 nitrogen and oxygen atoms in total. The zero-order chi connectivity index (χ0) is 17.2. The molecule has 1 aliphatic carbocycles. The van der Waals surface area contributed by atoms with Gasteiger partial charge in [0.25, 0.3) is 0 Å². The van der Waals surface area contributed by atoms with Gasteiger partial charge < -0.3 is 4.74 Å². The molecule has 0 radical (unpaired) electrons. The van der Waals surface area contributed by atoms with Crippen molar-refractivity contribution >= 4 is 0 Å². The summed E-state index contributed by atoms with van der Waals surface area (Å²) in [5, 5.41) is 0. The topological polar surface area (TPSA) is 9.23 Å². The number of aryl methyl sites for hydroxylation is 2. The highest BCUT2D eigenvalue weighted by Gasteiger charge is 2.61. The lowest BCUT2D eigenvalue weighted by Gasteiger charge is -2.47. The molecule has 0 fully saturated rings. The molecule has 0 spiro atoms. The minimum absolute atomic E-state index is 0.242. The standard InChI is InChI=1S/C19H21F3O/c1-10-6-14-16(8-12(10)3)23-17-9-13(4)11(2)7-15(17)18(14,5)19(20,21)22/h6-9,14,16H,1-5H3. The average Bonchev–Trinajstić information content (AvgIpc) is 2.43. The van der Waals surface area contributed by atoms with Crippen LogP contribution >= 0.6 is 0 Å². The molecular weight excluding hydrogens is 301 g/mol. The second-order valence-electron chi connectivity index (χ2n) is 6.94. The molecule has 23 heavy (non-hydrogen) atoms. The van der Waals surface area contributed by atoms with Crippen LogP contribution in [0.5, 0.6) is 5.75 Å². The smallest absolute Gasteiger partial charge is 0.399 e. The van der Waals surface area contributed by atoms with E-state index in [1.807, 2.05) is 33.8 Å². The van der Waals surface area contributed by atoms with Crippen LogP contribution in [0, 0.1) is 19.8 Å². The molecule has 1 aromatic rings. The van der Waals surface area contributed by atoms with Crippen molar-refractivity contribution in [1.29, 1.82) is 0 Å². The first-order valence-electron chi connectivity index (χ1n) is 7.78. The lowest BCUT2D eigenvalue weighted by atomic mass is 9.64. The summed E-state index contributed by atoms with van der Waals surface area (Å²) in [6.45, 7) is 8.80. The van der Waals surface area contributed by atoms with Crippen molar-refractivity contribution in [3.8, 4) is 5.75 Å². The third kappa shape index (κ3) is 2.22. The van der Waals surface area contributed by atoms with E-state index in [0.29, 0.717) is 5.75 Å². The number of hydrogen-bond donors (Lipinski definition) is 0. The Morgan fingerprint density at radius 2 is 1.52 bits per heavy atom. The zero-order valence-electron chi connectivity index (χ0n) is 14.0. The van der Waals surface area contributed by atoms with Gasteiger partial charge in [-0.25, -0.2) is 0 Å². The van der Waals surface area contributed by atoms with Gasteiger partial charge in [0.05, 0.1) is 0 Å². The molecule has 0 saturated heterocycles. The Bertz CT molecular complexity index is 727. The molecule has 1 aliphatic heterocycles. The molecule has 1 heterocycles. The third-order valence-electron chi connectivity index (χ3n) is 5.49. The van der Waals surface area contributed by atoms with Gasteiger partial charge in [0.15, 0.2) is 0 Å². The maximum atomic E-state index is 14.1. The van der Waals surface area contributed by atoms with Crippen molar-refractivity contribution in [3.05, 3.63) is 52.1 Å². The van der Waals surface area contributed by atoms with Gasteiger partial charge in [0, 0.05) is 11.5 Å². The van der Waals surface area contributed by atoms with Crippen LogP contribution in [0.25, 0.3) is 0 Å². The second-order valence-corrected chi connectivity index (χ2v) is 6.94. The SMILES string of the molecule is CC1=CC2Oc3cc(C)c(C)cc3C(C)(C(F)(F)F)C2C=C1C. The fourth-order valence-corrected chi connectivity index (χ4v) is 3.54.